The number of hydrogen-bond donors (Lipinski definition) is 2. The van der Waals surface area contributed by atoms with Crippen molar-refractivity contribution in [1.29, 1.82) is 0 Å². The summed E-state index contributed by atoms with van der Waals surface area (Å²) in [6, 6.07) is 4.89. The van der Waals surface area contributed by atoms with Crippen molar-refractivity contribution in [2.45, 2.75) is 40.3 Å². The van der Waals surface area contributed by atoms with Gasteiger partial charge in [-0.2, -0.15) is 0 Å². The Morgan fingerprint density at radius 1 is 1.21 bits per heavy atom. The second-order valence-corrected chi connectivity index (χ2v) is 5.65. The Bertz CT molecular complexity index is 410. The molecule has 0 aliphatic heterocycles. The molecule has 0 aliphatic rings. The molecular weight excluding hydrogens is 244 g/mol. The van der Waals surface area contributed by atoms with E-state index in [4.69, 9.17) is 10.0 Å². The van der Waals surface area contributed by atoms with Gasteiger partial charge in [0, 0.05) is 24.6 Å². The van der Waals surface area contributed by atoms with Crippen LogP contribution in [0.4, 0.5) is 4.39 Å². The molecule has 0 radical (unpaired) electrons. The van der Waals surface area contributed by atoms with Crippen LogP contribution < -0.4 is 5.46 Å². The summed E-state index contributed by atoms with van der Waals surface area (Å²) < 4.78 is 13.4. The maximum absolute atomic E-state index is 13.4. The van der Waals surface area contributed by atoms with Gasteiger partial charge in [-0.3, -0.25) is 4.90 Å². The van der Waals surface area contributed by atoms with Crippen LogP contribution in [0.5, 0.6) is 0 Å². The van der Waals surface area contributed by atoms with E-state index in [1.807, 2.05) is 0 Å². The van der Waals surface area contributed by atoms with Gasteiger partial charge in [0.15, 0.2) is 0 Å². The molecule has 0 fully saturated rings. The van der Waals surface area contributed by atoms with E-state index >= 15 is 0 Å². The van der Waals surface area contributed by atoms with Crippen molar-refractivity contribution in [2.24, 2.45) is 5.92 Å². The van der Waals surface area contributed by atoms with Crippen LogP contribution in [0.15, 0.2) is 18.2 Å². The first-order valence-corrected chi connectivity index (χ1v) is 6.69. The molecule has 106 valence electrons. The molecule has 5 heteroatoms. The fourth-order valence-electron chi connectivity index (χ4n) is 2.05. The van der Waals surface area contributed by atoms with Crippen molar-refractivity contribution < 1.29 is 14.4 Å². The smallest absolute Gasteiger partial charge is 0.423 e. The quantitative estimate of drug-likeness (QED) is 0.765. The molecule has 0 aliphatic carbocycles. The predicted octanol–water partition coefficient (Wildman–Crippen LogP) is 1.37. The van der Waals surface area contributed by atoms with E-state index in [1.54, 1.807) is 6.07 Å². The normalized spacial score (nSPS) is 11.7. The summed E-state index contributed by atoms with van der Waals surface area (Å²) in [5, 5.41) is 18.2. The number of halogens is 1. The van der Waals surface area contributed by atoms with Crippen molar-refractivity contribution >= 4 is 12.6 Å². The molecule has 1 aromatic rings. The molecule has 0 spiro atoms. The van der Waals surface area contributed by atoms with Gasteiger partial charge in [-0.05, 0) is 31.4 Å². The van der Waals surface area contributed by atoms with E-state index in [-0.39, 0.29) is 5.46 Å². The zero-order chi connectivity index (χ0) is 14.6. The highest BCUT2D eigenvalue weighted by molar-refractivity contribution is 6.58. The molecule has 3 nitrogen and oxygen atoms in total. The van der Waals surface area contributed by atoms with Gasteiger partial charge in [-0.1, -0.05) is 26.0 Å². The van der Waals surface area contributed by atoms with Crippen LogP contribution >= 0.6 is 0 Å². The van der Waals surface area contributed by atoms with Crippen LogP contribution in [0.3, 0.4) is 0 Å². The van der Waals surface area contributed by atoms with E-state index in [0.29, 0.717) is 18.5 Å². The lowest BCUT2D eigenvalue weighted by Crippen LogP contribution is -2.36. The first-order valence-electron chi connectivity index (χ1n) is 6.69. The van der Waals surface area contributed by atoms with Crippen LogP contribution in [0.25, 0.3) is 0 Å². The van der Waals surface area contributed by atoms with Gasteiger partial charge in [0.25, 0.3) is 0 Å². The van der Waals surface area contributed by atoms with Gasteiger partial charge < -0.3 is 10.0 Å². The monoisotopic (exact) mass is 267 g/mol. The van der Waals surface area contributed by atoms with E-state index in [0.717, 1.165) is 12.1 Å². The molecule has 0 aromatic heterocycles. The molecule has 0 bridgehead atoms. The van der Waals surface area contributed by atoms with Crippen LogP contribution in [0.2, 0.25) is 0 Å². The molecule has 0 heterocycles. The van der Waals surface area contributed by atoms with Gasteiger partial charge >= 0.3 is 7.12 Å². The third-order valence-electron chi connectivity index (χ3n) is 3.05. The number of nitrogens with zero attached hydrogens (tertiary/aromatic N) is 1. The summed E-state index contributed by atoms with van der Waals surface area (Å²) in [4.78, 5) is 2.28. The SMILES string of the molecule is CC(C)CN(Cc1ccc(F)c(B(O)O)c1)C(C)C. The van der Waals surface area contributed by atoms with E-state index in [9.17, 15) is 4.39 Å². The fourth-order valence-corrected chi connectivity index (χ4v) is 2.05. The average molecular weight is 267 g/mol. The molecule has 1 rings (SSSR count). The van der Waals surface area contributed by atoms with Crippen molar-refractivity contribution in [3.05, 3.63) is 29.6 Å². The lowest BCUT2D eigenvalue weighted by Gasteiger charge is -2.28. The first-order chi connectivity index (χ1) is 8.81. The minimum atomic E-state index is -1.77. The third kappa shape index (κ3) is 4.93. The third-order valence-corrected chi connectivity index (χ3v) is 3.05. The lowest BCUT2D eigenvalue weighted by molar-refractivity contribution is 0.189. The van der Waals surface area contributed by atoms with Crippen molar-refractivity contribution in [3.8, 4) is 0 Å². The van der Waals surface area contributed by atoms with Crippen molar-refractivity contribution in [2.75, 3.05) is 6.54 Å². The Morgan fingerprint density at radius 3 is 2.32 bits per heavy atom. The molecule has 0 unspecified atom stereocenters. The van der Waals surface area contributed by atoms with E-state index in [2.05, 4.69) is 32.6 Å². The van der Waals surface area contributed by atoms with Gasteiger partial charge in [0.1, 0.15) is 5.82 Å². The van der Waals surface area contributed by atoms with Gasteiger partial charge in [0.05, 0.1) is 0 Å². The Labute approximate surface area is 115 Å². The number of hydrogen-bond acceptors (Lipinski definition) is 3. The highest BCUT2D eigenvalue weighted by Gasteiger charge is 2.18. The average Bonchev–Trinajstić information content (AvgIpc) is 2.29. The Morgan fingerprint density at radius 2 is 1.84 bits per heavy atom. The molecule has 0 saturated carbocycles. The van der Waals surface area contributed by atoms with Gasteiger partial charge in [0.2, 0.25) is 0 Å². The fraction of sp³-hybridized carbons (Fsp3) is 0.571. The van der Waals surface area contributed by atoms with Crippen LogP contribution in [0, 0.1) is 11.7 Å². The molecule has 19 heavy (non-hydrogen) atoms. The largest absolute Gasteiger partial charge is 0.491 e. The van der Waals surface area contributed by atoms with Crippen LogP contribution in [-0.2, 0) is 6.54 Å². The second-order valence-electron chi connectivity index (χ2n) is 5.65. The highest BCUT2D eigenvalue weighted by Crippen LogP contribution is 2.11. The molecule has 0 amide bonds. The van der Waals surface area contributed by atoms with Crippen LogP contribution in [0.1, 0.15) is 33.3 Å². The summed E-state index contributed by atoms with van der Waals surface area (Å²) in [6.45, 7) is 10.2. The maximum Gasteiger partial charge on any atom is 0.491 e. The zero-order valence-corrected chi connectivity index (χ0v) is 12.1. The van der Waals surface area contributed by atoms with Crippen molar-refractivity contribution in [3.63, 3.8) is 0 Å². The van der Waals surface area contributed by atoms with Gasteiger partial charge in [-0.15, -0.1) is 0 Å². The summed E-state index contributed by atoms with van der Waals surface area (Å²) in [5.41, 5.74) is 0.824. The number of benzene rings is 1. The van der Waals surface area contributed by atoms with E-state index < -0.39 is 12.9 Å². The van der Waals surface area contributed by atoms with E-state index in [1.165, 1.54) is 12.1 Å². The molecular formula is C14H23BFNO2. The minimum absolute atomic E-state index is 0.0641. The Kier molecular flexibility index (Phi) is 5.98. The summed E-state index contributed by atoms with van der Waals surface area (Å²) in [7, 11) is -1.77. The first kappa shape index (κ1) is 16.2. The molecule has 0 saturated heterocycles. The summed E-state index contributed by atoms with van der Waals surface area (Å²) in [5.74, 6) is -0.0375. The molecule has 0 atom stereocenters. The Balaban J connectivity index is 2.87. The lowest BCUT2D eigenvalue weighted by atomic mass is 9.79. The highest BCUT2D eigenvalue weighted by atomic mass is 19.1. The predicted molar refractivity (Wildman–Crippen MR) is 76.6 cm³/mol. The molecule has 1 aromatic carbocycles. The summed E-state index contributed by atoms with van der Waals surface area (Å²) >= 11 is 0. The van der Waals surface area contributed by atoms with Crippen molar-refractivity contribution in [1.82, 2.24) is 4.90 Å². The second kappa shape index (κ2) is 7.03. The Hall–Kier alpha value is -0.905. The zero-order valence-electron chi connectivity index (χ0n) is 12.1. The summed E-state index contributed by atoms with van der Waals surface area (Å²) in [6.07, 6.45) is 0. The standard InChI is InChI=1S/C14H23BFNO2/c1-10(2)8-17(11(3)4)9-12-5-6-14(16)13(7-12)15(18)19/h5-7,10-11,18-19H,8-9H2,1-4H3. The maximum atomic E-state index is 13.4. The van der Waals surface area contributed by atoms with Gasteiger partial charge in [-0.25, -0.2) is 4.39 Å². The minimum Gasteiger partial charge on any atom is -0.423 e. The molecule has 2 N–H and O–H groups in total. The van der Waals surface area contributed by atoms with Crippen LogP contribution in [-0.4, -0.2) is 34.7 Å². The number of rotatable bonds is 6. The topological polar surface area (TPSA) is 43.7 Å².